The van der Waals surface area contributed by atoms with Gasteiger partial charge in [-0.15, -0.1) is 6.58 Å². The summed E-state index contributed by atoms with van der Waals surface area (Å²) in [5, 5.41) is 10.2. The van der Waals surface area contributed by atoms with Gasteiger partial charge in [-0.05, 0) is 16.0 Å². The first-order chi connectivity index (χ1) is 6.15. The van der Waals surface area contributed by atoms with Crippen molar-refractivity contribution in [3.8, 4) is 0 Å². The van der Waals surface area contributed by atoms with Crippen molar-refractivity contribution in [3.63, 3.8) is 0 Å². The number of pyridine rings is 1. The lowest BCUT2D eigenvalue weighted by molar-refractivity contribution is -0.389. The van der Waals surface area contributed by atoms with E-state index >= 15 is 0 Å². The molecule has 0 saturated heterocycles. The summed E-state index contributed by atoms with van der Waals surface area (Å²) in [7, 11) is 0. The summed E-state index contributed by atoms with van der Waals surface area (Å²) < 4.78 is 0. The molecule has 68 valence electrons. The summed E-state index contributed by atoms with van der Waals surface area (Å²) in [6.45, 7) is 3.51. The number of hydrogen-bond acceptors (Lipinski definition) is 4. The zero-order valence-electron chi connectivity index (χ0n) is 6.88. The number of nitrogens with two attached hydrogens (primary N) is 1. The minimum Gasteiger partial charge on any atom is -0.358 e. The molecule has 1 heterocycles. The normalized spacial score (nSPS) is 12.1. The molecule has 0 aromatic carbocycles. The Labute approximate surface area is 75.0 Å². The van der Waals surface area contributed by atoms with Gasteiger partial charge in [0.1, 0.15) is 6.20 Å². The van der Waals surface area contributed by atoms with E-state index in [1.807, 2.05) is 0 Å². The first kappa shape index (κ1) is 9.34. The molecule has 0 radical (unpaired) electrons. The van der Waals surface area contributed by atoms with Crippen molar-refractivity contribution in [1.29, 1.82) is 0 Å². The maximum Gasteiger partial charge on any atom is 0.363 e. The van der Waals surface area contributed by atoms with Crippen LogP contribution in [0.3, 0.4) is 0 Å². The second-order valence-corrected chi connectivity index (χ2v) is 2.47. The van der Waals surface area contributed by atoms with Gasteiger partial charge in [0.2, 0.25) is 0 Å². The van der Waals surface area contributed by atoms with E-state index in [0.717, 1.165) is 0 Å². The van der Waals surface area contributed by atoms with E-state index in [1.54, 1.807) is 12.1 Å². The third-order valence-corrected chi connectivity index (χ3v) is 1.60. The Morgan fingerprint density at radius 2 is 2.38 bits per heavy atom. The van der Waals surface area contributed by atoms with Crippen molar-refractivity contribution >= 4 is 5.82 Å². The van der Waals surface area contributed by atoms with Gasteiger partial charge in [0.25, 0.3) is 0 Å². The molecule has 0 aliphatic heterocycles. The molecular weight excluding hydrogens is 170 g/mol. The fraction of sp³-hybridized carbons (Fsp3) is 0.125. The number of hydrogen-bond donors (Lipinski definition) is 1. The summed E-state index contributed by atoms with van der Waals surface area (Å²) in [4.78, 5) is 13.3. The molecule has 5 nitrogen and oxygen atoms in total. The summed E-state index contributed by atoms with van der Waals surface area (Å²) in [6.07, 6.45) is 2.92. The highest BCUT2D eigenvalue weighted by Crippen LogP contribution is 2.13. The van der Waals surface area contributed by atoms with E-state index in [4.69, 9.17) is 5.73 Å². The minimum absolute atomic E-state index is 0.181. The van der Waals surface area contributed by atoms with E-state index in [9.17, 15) is 10.1 Å². The van der Waals surface area contributed by atoms with E-state index in [-0.39, 0.29) is 11.9 Å². The van der Waals surface area contributed by atoms with Gasteiger partial charge in [0, 0.05) is 11.6 Å². The summed E-state index contributed by atoms with van der Waals surface area (Å²) >= 11 is 0. The molecule has 1 aromatic heterocycles. The number of nitro groups is 1. The van der Waals surface area contributed by atoms with E-state index in [1.165, 1.54) is 12.3 Å². The average Bonchev–Trinajstić information content (AvgIpc) is 2.17. The van der Waals surface area contributed by atoms with Crippen molar-refractivity contribution < 1.29 is 4.92 Å². The van der Waals surface area contributed by atoms with Gasteiger partial charge in [-0.25, -0.2) is 0 Å². The summed E-state index contributed by atoms with van der Waals surface area (Å²) in [5.74, 6) is -0.181. The number of nitrogens with zero attached hydrogens (tertiary/aromatic N) is 2. The lowest BCUT2D eigenvalue weighted by atomic mass is 10.1. The first-order valence-corrected chi connectivity index (χ1v) is 3.63. The largest absolute Gasteiger partial charge is 0.363 e. The van der Waals surface area contributed by atoms with Crippen LogP contribution in [-0.4, -0.2) is 9.91 Å². The smallest absolute Gasteiger partial charge is 0.358 e. The SMILES string of the molecule is C=CC(N)c1ccc([N+](=O)[O-])nc1. The van der Waals surface area contributed by atoms with E-state index < -0.39 is 4.92 Å². The molecule has 0 fully saturated rings. The van der Waals surface area contributed by atoms with Crippen LogP contribution in [0, 0.1) is 10.1 Å². The molecule has 5 heteroatoms. The van der Waals surface area contributed by atoms with Crippen LogP contribution in [0.25, 0.3) is 0 Å². The molecule has 1 unspecified atom stereocenters. The molecular formula is C8H9N3O2. The van der Waals surface area contributed by atoms with Gasteiger partial charge >= 0.3 is 5.82 Å². The third kappa shape index (κ3) is 2.09. The maximum atomic E-state index is 10.2. The molecule has 1 aromatic rings. The van der Waals surface area contributed by atoms with Crippen LogP contribution < -0.4 is 5.73 Å². The minimum atomic E-state index is -0.552. The predicted octanol–water partition coefficient (Wildman–Crippen LogP) is 1.18. The molecule has 0 aliphatic carbocycles. The molecule has 1 atom stereocenters. The first-order valence-electron chi connectivity index (χ1n) is 3.63. The zero-order chi connectivity index (χ0) is 9.84. The van der Waals surface area contributed by atoms with E-state index in [2.05, 4.69) is 11.6 Å². The van der Waals surface area contributed by atoms with Crippen LogP contribution in [0.4, 0.5) is 5.82 Å². The van der Waals surface area contributed by atoms with Crippen LogP contribution in [0.1, 0.15) is 11.6 Å². The monoisotopic (exact) mass is 179 g/mol. The van der Waals surface area contributed by atoms with Crippen molar-refractivity contribution in [2.45, 2.75) is 6.04 Å². The highest BCUT2D eigenvalue weighted by molar-refractivity contribution is 5.26. The quantitative estimate of drug-likeness (QED) is 0.429. The van der Waals surface area contributed by atoms with Crippen LogP contribution in [0.15, 0.2) is 31.0 Å². The van der Waals surface area contributed by atoms with Crippen LogP contribution >= 0.6 is 0 Å². The predicted molar refractivity (Wildman–Crippen MR) is 48.0 cm³/mol. The van der Waals surface area contributed by atoms with Gasteiger partial charge in [-0.1, -0.05) is 6.08 Å². The molecule has 0 bridgehead atoms. The Kier molecular flexibility index (Phi) is 2.71. The second-order valence-electron chi connectivity index (χ2n) is 2.47. The Morgan fingerprint density at radius 1 is 1.69 bits per heavy atom. The number of aromatic nitrogens is 1. The Hall–Kier alpha value is -1.75. The van der Waals surface area contributed by atoms with Crippen molar-refractivity contribution in [2.24, 2.45) is 5.73 Å². The van der Waals surface area contributed by atoms with Gasteiger partial charge in [-0.2, -0.15) is 0 Å². The van der Waals surface area contributed by atoms with E-state index in [0.29, 0.717) is 5.56 Å². The van der Waals surface area contributed by atoms with Crippen LogP contribution in [0.2, 0.25) is 0 Å². The van der Waals surface area contributed by atoms with Gasteiger partial charge in [-0.3, -0.25) is 0 Å². The highest BCUT2D eigenvalue weighted by atomic mass is 16.6. The third-order valence-electron chi connectivity index (χ3n) is 1.60. The molecule has 0 spiro atoms. The topological polar surface area (TPSA) is 82.0 Å². The standard InChI is InChI=1S/C8H9N3O2/c1-2-7(9)6-3-4-8(10-5-6)11(12)13/h2-5,7H,1,9H2. The Balaban J connectivity index is 2.93. The summed E-state index contributed by atoms with van der Waals surface area (Å²) in [5.41, 5.74) is 6.30. The highest BCUT2D eigenvalue weighted by Gasteiger charge is 2.08. The van der Waals surface area contributed by atoms with Crippen LogP contribution in [0.5, 0.6) is 0 Å². The molecule has 13 heavy (non-hydrogen) atoms. The maximum absolute atomic E-state index is 10.2. The molecule has 0 saturated carbocycles. The fourth-order valence-electron chi connectivity index (χ4n) is 0.839. The second kappa shape index (κ2) is 3.77. The zero-order valence-corrected chi connectivity index (χ0v) is 6.88. The van der Waals surface area contributed by atoms with Gasteiger partial charge in [0.05, 0.1) is 6.04 Å². The van der Waals surface area contributed by atoms with Crippen LogP contribution in [-0.2, 0) is 0 Å². The van der Waals surface area contributed by atoms with Gasteiger partial charge < -0.3 is 15.8 Å². The Bertz CT molecular complexity index is 321. The Morgan fingerprint density at radius 3 is 2.77 bits per heavy atom. The fourth-order valence-corrected chi connectivity index (χ4v) is 0.839. The van der Waals surface area contributed by atoms with Crippen molar-refractivity contribution in [3.05, 3.63) is 46.7 Å². The summed E-state index contributed by atoms with van der Waals surface area (Å²) in [6, 6.07) is 2.56. The molecule has 2 N–H and O–H groups in total. The lowest BCUT2D eigenvalue weighted by Gasteiger charge is -2.02. The van der Waals surface area contributed by atoms with Crippen molar-refractivity contribution in [1.82, 2.24) is 4.98 Å². The molecule has 0 amide bonds. The van der Waals surface area contributed by atoms with Crippen molar-refractivity contribution in [2.75, 3.05) is 0 Å². The molecule has 1 rings (SSSR count). The lowest BCUT2D eigenvalue weighted by Crippen LogP contribution is -2.06. The number of rotatable bonds is 3. The average molecular weight is 179 g/mol. The van der Waals surface area contributed by atoms with Gasteiger partial charge in [0.15, 0.2) is 0 Å². The molecule has 0 aliphatic rings.